The molecule has 1 amide bonds. The van der Waals surface area contributed by atoms with Crippen molar-refractivity contribution >= 4 is 49.9 Å². The molecule has 0 spiro atoms. The molecule has 0 fully saturated rings. The number of hydrogen-bond acceptors (Lipinski definition) is 5. The summed E-state index contributed by atoms with van der Waals surface area (Å²) in [6.07, 6.45) is 0.631. The molecule has 0 saturated heterocycles. The van der Waals surface area contributed by atoms with Gasteiger partial charge in [-0.05, 0) is 24.6 Å². The Morgan fingerprint density at radius 1 is 1.10 bits per heavy atom. The number of halogens is 2. The standard InChI is InChI=1S/C18H16Cl2N4O4S/c1-2-10-24-18(26)12-7-4-3-6-11(12)16(22-24)17(25)21-23-29(27,28)14-9-5-8-13(19)15(14)20/h3-9,23H,2,10H2,1H3,(H,21,25). The summed E-state index contributed by atoms with van der Waals surface area (Å²) >= 11 is 11.8. The lowest BCUT2D eigenvalue weighted by Crippen LogP contribution is -2.42. The Balaban J connectivity index is 1.95. The van der Waals surface area contributed by atoms with E-state index in [0.717, 1.165) is 0 Å². The normalized spacial score (nSPS) is 11.6. The van der Waals surface area contributed by atoms with E-state index >= 15 is 0 Å². The minimum atomic E-state index is -4.19. The maximum Gasteiger partial charge on any atom is 0.287 e. The van der Waals surface area contributed by atoms with Crippen molar-refractivity contribution in [3.63, 3.8) is 0 Å². The third-order valence-electron chi connectivity index (χ3n) is 4.02. The SMILES string of the molecule is CCCn1nc(C(=O)NNS(=O)(=O)c2cccc(Cl)c2Cl)c2ccccc2c1=O. The Morgan fingerprint density at radius 2 is 1.79 bits per heavy atom. The van der Waals surface area contributed by atoms with E-state index in [2.05, 4.69) is 10.5 Å². The van der Waals surface area contributed by atoms with Gasteiger partial charge in [-0.2, -0.15) is 5.10 Å². The van der Waals surface area contributed by atoms with Crippen molar-refractivity contribution in [2.45, 2.75) is 24.8 Å². The minimum absolute atomic E-state index is 0.0557. The number of aromatic nitrogens is 2. The number of rotatable bonds is 6. The number of amides is 1. The van der Waals surface area contributed by atoms with Crippen LogP contribution in [0, 0.1) is 0 Å². The Bertz CT molecular complexity index is 1260. The molecule has 0 aliphatic rings. The van der Waals surface area contributed by atoms with Gasteiger partial charge in [-0.15, -0.1) is 4.83 Å². The fourth-order valence-electron chi connectivity index (χ4n) is 2.69. The summed E-state index contributed by atoms with van der Waals surface area (Å²) in [5, 5.41) is 4.61. The van der Waals surface area contributed by atoms with Gasteiger partial charge in [-0.3, -0.25) is 15.0 Å². The predicted octanol–water partition coefficient (Wildman–Crippen LogP) is 2.74. The Morgan fingerprint density at radius 3 is 2.48 bits per heavy atom. The molecule has 3 aromatic rings. The molecule has 2 N–H and O–H groups in total. The maximum atomic E-state index is 12.7. The lowest BCUT2D eigenvalue weighted by atomic mass is 10.1. The summed E-state index contributed by atoms with van der Waals surface area (Å²) in [6, 6.07) is 10.6. The van der Waals surface area contributed by atoms with Crippen molar-refractivity contribution in [2.24, 2.45) is 0 Å². The molecule has 1 heterocycles. The van der Waals surface area contributed by atoms with Gasteiger partial charge in [-0.1, -0.05) is 54.4 Å². The van der Waals surface area contributed by atoms with Gasteiger partial charge in [0.25, 0.3) is 21.5 Å². The zero-order valence-corrected chi connectivity index (χ0v) is 17.5. The van der Waals surface area contributed by atoms with E-state index in [4.69, 9.17) is 23.2 Å². The highest BCUT2D eigenvalue weighted by Gasteiger charge is 2.22. The van der Waals surface area contributed by atoms with Crippen LogP contribution >= 0.6 is 23.2 Å². The summed E-state index contributed by atoms with van der Waals surface area (Å²) < 4.78 is 26.1. The highest BCUT2D eigenvalue weighted by atomic mass is 35.5. The molecular weight excluding hydrogens is 439 g/mol. The van der Waals surface area contributed by atoms with Crippen molar-refractivity contribution < 1.29 is 13.2 Å². The molecule has 0 unspecified atom stereocenters. The van der Waals surface area contributed by atoms with E-state index in [9.17, 15) is 18.0 Å². The summed E-state index contributed by atoms with van der Waals surface area (Å²) in [4.78, 5) is 26.9. The number of hydrogen-bond donors (Lipinski definition) is 2. The fraction of sp³-hybridized carbons (Fsp3) is 0.167. The first-order valence-corrected chi connectivity index (χ1v) is 10.8. The quantitative estimate of drug-likeness (QED) is 0.556. The van der Waals surface area contributed by atoms with Crippen molar-refractivity contribution in [3.05, 3.63) is 68.6 Å². The Labute approximate surface area is 176 Å². The second kappa shape index (κ2) is 8.50. The second-order valence-electron chi connectivity index (χ2n) is 6.03. The number of carbonyl (C=O) groups excluding carboxylic acids is 1. The lowest BCUT2D eigenvalue weighted by molar-refractivity contribution is 0.0939. The van der Waals surface area contributed by atoms with Crippen LogP contribution in [0.3, 0.4) is 0 Å². The molecule has 0 bridgehead atoms. The molecule has 0 atom stereocenters. The second-order valence-corrected chi connectivity index (χ2v) is 8.47. The molecule has 29 heavy (non-hydrogen) atoms. The van der Waals surface area contributed by atoms with E-state index in [1.165, 1.54) is 22.9 Å². The molecule has 1 aromatic heterocycles. The Kier molecular flexibility index (Phi) is 6.23. The number of hydrazine groups is 1. The first-order chi connectivity index (χ1) is 13.8. The van der Waals surface area contributed by atoms with Crippen molar-refractivity contribution in [2.75, 3.05) is 0 Å². The predicted molar refractivity (Wildman–Crippen MR) is 111 cm³/mol. The van der Waals surface area contributed by atoms with Crippen LogP contribution < -0.4 is 15.8 Å². The maximum absolute atomic E-state index is 12.7. The van der Waals surface area contributed by atoms with Crippen LogP contribution in [0.4, 0.5) is 0 Å². The number of fused-ring (bicyclic) bond motifs is 1. The van der Waals surface area contributed by atoms with E-state index in [0.29, 0.717) is 23.7 Å². The van der Waals surface area contributed by atoms with Gasteiger partial charge in [-0.25, -0.2) is 13.1 Å². The zero-order valence-electron chi connectivity index (χ0n) is 15.1. The van der Waals surface area contributed by atoms with Crippen LogP contribution in [0.1, 0.15) is 23.8 Å². The number of sulfonamides is 1. The van der Waals surface area contributed by atoms with Crippen LogP contribution in [0.25, 0.3) is 10.8 Å². The summed E-state index contributed by atoms with van der Waals surface area (Å²) in [6.45, 7) is 2.18. The van der Waals surface area contributed by atoms with E-state index in [1.54, 1.807) is 24.3 Å². The number of aryl methyl sites for hydroxylation is 1. The summed E-state index contributed by atoms with van der Waals surface area (Å²) in [7, 11) is -4.19. The van der Waals surface area contributed by atoms with Crippen LogP contribution in [0.15, 0.2) is 52.2 Å². The van der Waals surface area contributed by atoms with Crippen molar-refractivity contribution in [1.29, 1.82) is 0 Å². The number of benzene rings is 2. The van der Waals surface area contributed by atoms with Crippen LogP contribution in [0.2, 0.25) is 10.0 Å². The number of carbonyl (C=O) groups is 1. The number of nitrogens with zero attached hydrogens (tertiary/aromatic N) is 2. The van der Waals surface area contributed by atoms with Crippen LogP contribution in [-0.4, -0.2) is 24.1 Å². The van der Waals surface area contributed by atoms with Gasteiger partial charge in [0.05, 0.1) is 15.4 Å². The van der Waals surface area contributed by atoms with Crippen LogP contribution in [-0.2, 0) is 16.6 Å². The third kappa shape index (κ3) is 4.27. The third-order valence-corrected chi connectivity index (χ3v) is 6.24. The van der Waals surface area contributed by atoms with Gasteiger partial charge in [0.2, 0.25) is 0 Å². The van der Waals surface area contributed by atoms with Gasteiger partial charge < -0.3 is 0 Å². The highest BCUT2D eigenvalue weighted by Crippen LogP contribution is 2.28. The summed E-state index contributed by atoms with van der Waals surface area (Å²) in [5.41, 5.74) is 1.69. The fourth-order valence-corrected chi connectivity index (χ4v) is 4.29. The van der Waals surface area contributed by atoms with E-state index in [1.807, 2.05) is 11.8 Å². The van der Waals surface area contributed by atoms with Crippen molar-refractivity contribution in [1.82, 2.24) is 20.0 Å². The van der Waals surface area contributed by atoms with Gasteiger partial charge in [0, 0.05) is 11.9 Å². The average Bonchev–Trinajstić information content (AvgIpc) is 2.70. The van der Waals surface area contributed by atoms with E-state index < -0.39 is 15.9 Å². The minimum Gasteiger partial charge on any atom is -0.272 e. The molecule has 8 nitrogen and oxygen atoms in total. The molecule has 3 rings (SSSR count). The molecule has 2 aromatic carbocycles. The lowest BCUT2D eigenvalue weighted by Gasteiger charge is -2.12. The van der Waals surface area contributed by atoms with E-state index in [-0.39, 0.29) is 26.2 Å². The monoisotopic (exact) mass is 454 g/mol. The molecule has 11 heteroatoms. The summed E-state index contributed by atoms with van der Waals surface area (Å²) in [5.74, 6) is -0.826. The number of nitrogens with one attached hydrogen (secondary N) is 2. The molecule has 0 saturated carbocycles. The molecule has 0 radical (unpaired) electrons. The van der Waals surface area contributed by atoms with Crippen LogP contribution in [0.5, 0.6) is 0 Å². The molecule has 0 aliphatic heterocycles. The largest absolute Gasteiger partial charge is 0.287 e. The molecule has 152 valence electrons. The molecule has 0 aliphatic carbocycles. The zero-order chi connectivity index (χ0) is 21.2. The topological polar surface area (TPSA) is 110 Å². The first-order valence-electron chi connectivity index (χ1n) is 8.52. The van der Waals surface area contributed by atoms with Gasteiger partial charge >= 0.3 is 0 Å². The van der Waals surface area contributed by atoms with Crippen molar-refractivity contribution in [3.8, 4) is 0 Å². The average molecular weight is 455 g/mol. The smallest absolute Gasteiger partial charge is 0.272 e. The first kappa shape index (κ1) is 21.3. The van der Waals surface area contributed by atoms with Gasteiger partial charge in [0.1, 0.15) is 4.90 Å². The Hall–Kier alpha value is -2.46. The highest BCUT2D eigenvalue weighted by molar-refractivity contribution is 7.89. The van der Waals surface area contributed by atoms with Gasteiger partial charge in [0.15, 0.2) is 5.69 Å². The molecular formula is C18H16Cl2N4O4S.